The number of hydrogen-bond donors (Lipinski definition) is 2. The fraction of sp³-hybridized carbons (Fsp3) is 0.800. The van der Waals surface area contributed by atoms with Crippen LogP contribution in [0.1, 0.15) is 151 Å². The van der Waals surface area contributed by atoms with Crippen molar-refractivity contribution in [1.82, 2.24) is 0 Å². The Hall–Kier alpha value is -1.55. The lowest BCUT2D eigenvalue weighted by Crippen LogP contribution is -2.23. The molecule has 4 heteroatoms. The van der Waals surface area contributed by atoms with Crippen molar-refractivity contribution < 1.29 is 19.7 Å². The van der Waals surface area contributed by atoms with Gasteiger partial charge < -0.3 is 14.9 Å². The van der Waals surface area contributed by atoms with Gasteiger partial charge in [0.2, 0.25) is 0 Å². The lowest BCUT2D eigenvalue weighted by atomic mass is 9.75. The van der Waals surface area contributed by atoms with E-state index in [1.165, 1.54) is 39.0 Å². The maximum atomic E-state index is 12.1. The Morgan fingerprint density at radius 3 is 1.77 bits per heavy atom. The highest BCUT2D eigenvalue weighted by Crippen LogP contribution is 2.46. The molecule has 1 aromatic carbocycles. The standard InChI is InChI=1S/C35H62O4/c1-24(2)15-12-16-25(3)17-13-19-28(23-36)20-14-18-26(4)21-29-31(38)22-30(34(6,7)8)33(39-27(5)37)32(29)35(9,10)11/h22,24-26,28,36,38H,12-21,23H2,1-11H3. The number of ether oxygens (including phenoxy) is 1. The first kappa shape index (κ1) is 35.5. The van der Waals surface area contributed by atoms with Crippen LogP contribution in [0.4, 0.5) is 0 Å². The van der Waals surface area contributed by atoms with E-state index in [0.29, 0.717) is 23.3 Å². The number of esters is 1. The number of benzene rings is 1. The number of phenolic OH excluding ortho intramolecular Hbond substituents is 1. The molecular formula is C35H62O4. The van der Waals surface area contributed by atoms with Crippen molar-refractivity contribution in [2.45, 2.75) is 151 Å². The Labute approximate surface area is 241 Å². The van der Waals surface area contributed by atoms with Gasteiger partial charge in [-0.3, -0.25) is 4.79 Å². The molecule has 39 heavy (non-hydrogen) atoms. The molecule has 1 rings (SSSR count). The third kappa shape index (κ3) is 12.7. The van der Waals surface area contributed by atoms with Crippen molar-refractivity contribution in [2.75, 3.05) is 6.61 Å². The zero-order valence-corrected chi connectivity index (χ0v) is 27.4. The van der Waals surface area contributed by atoms with E-state index in [1.54, 1.807) is 6.07 Å². The van der Waals surface area contributed by atoms with E-state index in [4.69, 9.17) is 4.74 Å². The van der Waals surface area contributed by atoms with Gasteiger partial charge in [-0.25, -0.2) is 0 Å². The molecule has 0 bridgehead atoms. The van der Waals surface area contributed by atoms with E-state index < -0.39 is 0 Å². The first-order valence-corrected chi connectivity index (χ1v) is 15.7. The number of carbonyl (C=O) groups excluding carboxylic acids is 1. The molecule has 0 aliphatic heterocycles. The summed E-state index contributed by atoms with van der Waals surface area (Å²) in [6, 6.07) is 1.81. The Morgan fingerprint density at radius 1 is 0.821 bits per heavy atom. The number of hydrogen-bond acceptors (Lipinski definition) is 4. The summed E-state index contributed by atoms with van der Waals surface area (Å²) < 4.78 is 5.84. The number of phenols is 1. The molecule has 226 valence electrons. The second kappa shape index (κ2) is 16.0. The van der Waals surface area contributed by atoms with Gasteiger partial charge in [0, 0.05) is 30.2 Å². The largest absolute Gasteiger partial charge is 0.508 e. The molecule has 3 unspecified atom stereocenters. The predicted octanol–water partition coefficient (Wildman–Crippen LogP) is 9.50. The van der Waals surface area contributed by atoms with E-state index in [1.807, 2.05) is 0 Å². The van der Waals surface area contributed by atoms with Crippen LogP contribution in [0, 0.1) is 23.7 Å². The van der Waals surface area contributed by atoms with Gasteiger partial charge in [0.25, 0.3) is 0 Å². The van der Waals surface area contributed by atoms with Gasteiger partial charge in [-0.05, 0) is 59.8 Å². The van der Waals surface area contributed by atoms with Crippen molar-refractivity contribution >= 4 is 5.97 Å². The minimum Gasteiger partial charge on any atom is -0.508 e. The highest BCUT2D eigenvalue weighted by atomic mass is 16.5. The highest BCUT2D eigenvalue weighted by Gasteiger charge is 2.33. The molecule has 0 fully saturated rings. The lowest BCUT2D eigenvalue weighted by molar-refractivity contribution is -0.132. The molecule has 2 N–H and O–H groups in total. The molecule has 0 heterocycles. The van der Waals surface area contributed by atoms with Crippen LogP contribution in [0.2, 0.25) is 0 Å². The third-order valence-corrected chi connectivity index (χ3v) is 8.08. The number of aliphatic hydroxyl groups is 1. The van der Waals surface area contributed by atoms with Crippen LogP contribution >= 0.6 is 0 Å². The fourth-order valence-corrected chi connectivity index (χ4v) is 5.80. The molecule has 0 saturated heterocycles. The minimum atomic E-state index is -0.337. The summed E-state index contributed by atoms with van der Waals surface area (Å²) in [5.74, 6) is 2.87. The van der Waals surface area contributed by atoms with Crippen LogP contribution in [0.25, 0.3) is 0 Å². The van der Waals surface area contributed by atoms with E-state index in [9.17, 15) is 15.0 Å². The van der Waals surface area contributed by atoms with Crippen LogP contribution in [0.15, 0.2) is 6.07 Å². The maximum Gasteiger partial charge on any atom is 0.308 e. The Morgan fingerprint density at radius 2 is 1.33 bits per heavy atom. The molecule has 0 aromatic heterocycles. The van der Waals surface area contributed by atoms with Crippen molar-refractivity contribution in [3.8, 4) is 11.5 Å². The molecule has 1 aromatic rings. The van der Waals surface area contributed by atoms with Crippen molar-refractivity contribution in [3.05, 3.63) is 22.8 Å². The number of carbonyl (C=O) groups is 1. The van der Waals surface area contributed by atoms with E-state index in [0.717, 1.165) is 60.6 Å². The van der Waals surface area contributed by atoms with Crippen LogP contribution in [0.5, 0.6) is 11.5 Å². The summed E-state index contributed by atoms with van der Waals surface area (Å²) in [4.78, 5) is 12.1. The average molecular weight is 547 g/mol. The normalized spacial score (nSPS) is 14.9. The zero-order chi connectivity index (χ0) is 30.0. The summed E-state index contributed by atoms with van der Waals surface area (Å²) in [5, 5.41) is 21.2. The molecule has 0 aliphatic rings. The SMILES string of the molecule is CC(=O)Oc1c(C(C)(C)C)cc(O)c(CC(C)CCCC(CO)CCCC(C)CCCC(C)C)c1C(C)(C)C. The molecule has 0 saturated carbocycles. The lowest BCUT2D eigenvalue weighted by Gasteiger charge is -2.32. The average Bonchev–Trinajstić information content (AvgIpc) is 2.77. The predicted molar refractivity (Wildman–Crippen MR) is 166 cm³/mol. The first-order valence-electron chi connectivity index (χ1n) is 15.7. The Bertz CT molecular complexity index is 872. The Balaban J connectivity index is 2.85. The van der Waals surface area contributed by atoms with Gasteiger partial charge in [0.05, 0.1) is 0 Å². The van der Waals surface area contributed by atoms with Crippen molar-refractivity contribution in [3.63, 3.8) is 0 Å². The second-order valence-electron chi connectivity index (χ2n) is 14.9. The van der Waals surface area contributed by atoms with Crippen LogP contribution in [-0.2, 0) is 22.0 Å². The minimum absolute atomic E-state index is 0.269. The summed E-state index contributed by atoms with van der Waals surface area (Å²) in [6.45, 7) is 23.5. The third-order valence-electron chi connectivity index (χ3n) is 8.08. The molecule has 0 aliphatic carbocycles. The number of rotatable bonds is 16. The van der Waals surface area contributed by atoms with Gasteiger partial charge in [-0.15, -0.1) is 0 Å². The summed E-state index contributed by atoms with van der Waals surface area (Å²) >= 11 is 0. The molecule has 0 radical (unpaired) electrons. The van der Waals surface area contributed by atoms with Crippen LogP contribution in [-0.4, -0.2) is 22.8 Å². The fourth-order valence-electron chi connectivity index (χ4n) is 5.80. The molecule has 0 spiro atoms. The molecule has 0 amide bonds. The van der Waals surface area contributed by atoms with Gasteiger partial charge in [0.15, 0.2) is 0 Å². The van der Waals surface area contributed by atoms with Crippen LogP contribution in [0.3, 0.4) is 0 Å². The number of aromatic hydroxyl groups is 1. The number of aliphatic hydroxyl groups excluding tert-OH is 1. The van der Waals surface area contributed by atoms with Gasteiger partial charge in [0.1, 0.15) is 11.5 Å². The van der Waals surface area contributed by atoms with Crippen molar-refractivity contribution in [2.24, 2.45) is 23.7 Å². The molecule has 4 nitrogen and oxygen atoms in total. The van der Waals surface area contributed by atoms with E-state index in [2.05, 4.69) is 69.2 Å². The summed E-state index contributed by atoms with van der Waals surface area (Å²) in [6.07, 6.45) is 11.4. The van der Waals surface area contributed by atoms with Gasteiger partial charge >= 0.3 is 5.97 Å². The smallest absolute Gasteiger partial charge is 0.308 e. The second-order valence-corrected chi connectivity index (χ2v) is 14.9. The summed E-state index contributed by atoms with van der Waals surface area (Å²) in [7, 11) is 0. The van der Waals surface area contributed by atoms with E-state index in [-0.39, 0.29) is 23.4 Å². The summed E-state index contributed by atoms with van der Waals surface area (Å²) in [5.41, 5.74) is 2.11. The molecular weight excluding hydrogens is 484 g/mol. The monoisotopic (exact) mass is 546 g/mol. The Kier molecular flexibility index (Phi) is 14.6. The van der Waals surface area contributed by atoms with Gasteiger partial charge in [-0.1, -0.05) is 114 Å². The van der Waals surface area contributed by atoms with Gasteiger partial charge in [-0.2, -0.15) is 0 Å². The van der Waals surface area contributed by atoms with Crippen molar-refractivity contribution in [1.29, 1.82) is 0 Å². The maximum absolute atomic E-state index is 12.1. The molecule has 3 atom stereocenters. The highest BCUT2D eigenvalue weighted by molar-refractivity contribution is 5.72. The van der Waals surface area contributed by atoms with Crippen LogP contribution < -0.4 is 4.74 Å². The topological polar surface area (TPSA) is 66.8 Å². The first-order chi connectivity index (χ1) is 18.0. The zero-order valence-electron chi connectivity index (χ0n) is 27.4. The quantitative estimate of drug-likeness (QED) is 0.160. The van der Waals surface area contributed by atoms with E-state index >= 15 is 0 Å².